The predicted octanol–water partition coefficient (Wildman–Crippen LogP) is 6.47. The molecule has 0 saturated carbocycles. The SMILES string of the molecule is C[C@@H]([C@@H](C)I)[C@@H](CCc1ccccc1)O[Si](C)(C)C(C)(C)C. The van der Waals surface area contributed by atoms with Gasteiger partial charge in [0.05, 0.1) is 0 Å². The number of benzene rings is 1. The second-order valence-electron chi connectivity index (χ2n) is 7.98. The smallest absolute Gasteiger partial charge is 0.192 e. The van der Waals surface area contributed by atoms with Crippen LogP contribution in [-0.2, 0) is 10.8 Å². The first kappa shape index (κ1) is 20.2. The van der Waals surface area contributed by atoms with Crippen LogP contribution < -0.4 is 0 Å². The maximum atomic E-state index is 6.78. The van der Waals surface area contributed by atoms with Crippen molar-refractivity contribution in [3.63, 3.8) is 0 Å². The molecule has 3 atom stereocenters. The van der Waals surface area contributed by atoms with Crippen molar-refractivity contribution in [1.82, 2.24) is 0 Å². The van der Waals surface area contributed by atoms with Gasteiger partial charge in [-0.15, -0.1) is 0 Å². The van der Waals surface area contributed by atoms with Crippen LogP contribution in [0.5, 0.6) is 0 Å². The van der Waals surface area contributed by atoms with E-state index in [0.717, 1.165) is 12.8 Å². The van der Waals surface area contributed by atoms with Gasteiger partial charge in [0.1, 0.15) is 0 Å². The van der Waals surface area contributed by atoms with Crippen molar-refractivity contribution < 1.29 is 4.43 Å². The first-order valence-electron chi connectivity index (χ1n) is 8.40. The Bertz CT molecular complexity index is 436. The van der Waals surface area contributed by atoms with Gasteiger partial charge < -0.3 is 4.43 Å². The number of alkyl halides is 1. The standard InChI is InChI=1S/C19H33IOSi/c1-15(16(2)20)18(21-22(6,7)19(3,4)5)14-13-17-11-9-8-10-12-17/h8-12,15-16,18H,13-14H2,1-7H3/t15-,16+,18+/m0/s1. The van der Waals surface area contributed by atoms with E-state index in [1.54, 1.807) is 0 Å². The second-order valence-corrected chi connectivity index (χ2v) is 14.7. The summed E-state index contributed by atoms with van der Waals surface area (Å²) < 4.78 is 7.41. The summed E-state index contributed by atoms with van der Waals surface area (Å²) in [4.78, 5) is 0. The Morgan fingerprint density at radius 2 is 1.64 bits per heavy atom. The Kier molecular flexibility index (Phi) is 7.60. The van der Waals surface area contributed by atoms with Crippen LogP contribution in [0.3, 0.4) is 0 Å². The fourth-order valence-electron chi connectivity index (χ4n) is 2.23. The highest BCUT2D eigenvalue weighted by Crippen LogP contribution is 2.39. The number of halogens is 1. The lowest BCUT2D eigenvalue weighted by Gasteiger charge is -2.41. The van der Waals surface area contributed by atoms with Gasteiger partial charge in [0.15, 0.2) is 8.32 Å². The summed E-state index contributed by atoms with van der Waals surface area (Å²) in [5, 5.41) is 0.270. The van der Waals surface area contributed by atoms with Gasteiger partial charge in [0.2, 0.25) is 0 Å². The van der Waals surface area contributed by atoms with Gasteiger partial charge in [0, 0.05) is 10.0 Å². The van der Waals surface area contributed by atoms with Gasteiger partial charge in [-0.1, -0.05) is 87.5 Å². The van der Waals surface area contributed by atoms with Crippen LogP contribution in [-0.4, -0.2) is 18.3 Å². The summed E-state index contributed by atoms with van der Waals surface area (Å²) in [5.74, 6) is 0.582. The Hall–Kier alpha value is 0.127. The fourth-order valence-corrected chi connectivity index (χ4v) is 4.14. The molecule has 0 unspecified atom stereocenters. The Labute approximate surface area is 152 Å². The zero-order valence-electron chi connectivity index (χ0n) is 15.3. The molecule has 0 amide bonds. The molecule has 0 N–H and O–H groups in total. The highest BCUT2D eigenvalue weighted by Gasteiger charge is 2.40. The molecule has 1 rings (SSSR count). The van der Waals surface area contributed by atoms with E-state index < -0.39 is 8.32 Å². The van der Waals surface area contributed by atoms with E-state index in [1.807, 2.05) is 0 Å². The first-order valence-corrected chi connectivity index (χ1v) is 12.6. The van der Waals surface area contributed by atoms with Crippen LogP contribution in [0.2, 0.25) is 18.1 Å². The molecule has 0 heterocycles. The van der Waals surface area contributed by atoms with Crippen LogP contribution in [0.1, 0.15) is 46.6 Å². The molecule has 0 fully saturated rings. The van der Waals surface area contributed by atoms with Crippen molar-refractivity contribution in [2.24, 2.45) is 5.92 Å². The highest BCUT2D eigenvalue weighted by atomic mass is 127. The molecule has 0 saturated heterocycles. The average molecular weight is 432 g/mol. The van der Waals surface area contributed by atoms with E-state index in [4.69, 9.17) is 4.43 Å². The van der Waals surface area contributed by atoms with Crippen molar-refractivity contribution in [2.45, 2.75) is 75.6 Å². The first-order chi connectivity index (χ1) is 10.0. The normalized spacial score (nSPS) is 17.1. The Morgan fingerprint density at radius 3 is 2.09 bits per heavy atom. The molecule has 1 aromatic carbocycles. The van der Waals surface area contributed by atoms with E-state index in [-0.39, 0.29) is 5.04 Å². The largest absolute Gasteiger partial charge is 0.414 e. The third-order valence-electron chi connectivity index (χ3n) is 5.12. The molecular weight excluding hydrogens is 399 g/mol. The molecule has 0 aliphatic rings. The lowest BCUT2D eigenvalue weighted by molar-refractivity contribution is 0.119. The molecule has 1 aromatic rings. The molecule has 0 aromatic heterocycles. The van der Waals surface area contributed by atoms with Crippen molar-refractivity contribution >= 4 is 30.9 Å². The van der Waals surface area contributed by atoms with Crippen molar-refractivity contribution in [3.8, 4) is 0 Å². The monoisotopic (exact) mass is 432 g/mol. The highest BCUT2D eigenvalue weighted by molar-refractivity contribution is 14.1. The molecule has 0 aliphatic heterocycles. The fraction of sp³-hybridized carbons (Fsp3) is 0.684. The molecule has 0 bridgehead atoms. The predicted molar refractivity (Wildman–Crippen MR) is 109 cm³/mol. The van der Waals surface area contributed by atoms with E-state index in [9.17, 15) is 0 Å². The van der Waals surface area contributed by atoms with Gasteiger partial charge in [-0.05, 0) is 42.5 Å². The lowest BCUT2D eigenvalue weighted by atomic mass is 9.96. The second kappa shape index (κ2) is 8.29. The van der Waals surface area contributed by atoms with Crippen LogP contribution in [0.25, 0.3) is 0 Å². The van der Waals surface area contributed by atoms with Crippen molar-refractivity contribution in [1.29, 1.82) is 0 Å². The summed E-state index contributed by atoms with van der Waals surface area (Å²) in [6.45, 7) is 16.4. The number of hydrogen-bond donors (Lipinski definition) is 0. The zero-order chi connectivity index (χ0) is 17.0. The Balaban J connectivity index is 2.81. The van der Waals surface area contributed by atoms with Gasteiger partial charge >= 0.3 is 0 Å². The van der Waals surface area contributed by atoms with Crippen LogP contribution in [0, 0.1) is 5.92 Å². The summed E-state index contributed by atoms with van der Waals surface area (Å²) in [6, 6.07) is 10.8. The molecule has 126 valence electrons. The molecule has 0 spiro atoms. The number of rotatable bonds is 7. The zero-order valence-corrected chi connectivity index (χ0v) is 18.5. The molecule has 22 heavy (non-hydrogen) atoms. The number of hydrogen-bond acceptors (Lipinski definition) is 1. The summed E-state index contributed by atoms with van der Waals surface area (Å²) in [6.07, 6.45) is 2.58. The molecule has 3 heteroatoms. The van der Waals surface area contributed by atoms with E-state index >= 15 is 0 Å². The van der Waals surface area contributed by atoms with Gasteiger partial charge in [-0.2, -0.15) is 0 Å². The maximum Gasteiger partial charge on any atom is 0.192 e. The Morgan fingerprint density at radius 1 is 1.09 bits per heavy atom. The topological polar surface area (TPSA) is 9.23 Å². The number of aryl methyl sites for hydroxylation is 1. The minimum absolute atomic E-state index is 0.270. The van der Waals surface area contributed by atoms with Gasteiger partial charge in [-0.3, -0.25) is 0 Å². The van der Waals surface area contributed by atoms with E-state index in [0.29, 0.717) is 15.9 Å². The van der Waals surface area contributed by atoms with E-state index in [1.165, 1.54) is 5.56 Å². The van der Waals surface area contributed by atoms with E-state index in [2.05, 4.69) is 101 Å². The van der Waals surface area contributed by atoms with Crippen LogP contribution in [0.15, 0.2) is 30.3 Å². The summed E-state index contributed by atoms with van der Waals surface area (Å²) >= 11 is 2.55. The average Bonchev–Trinajstić information content (AvgIpc) is 2.42. The molecule has 0 aliphatic carbocycles. The van der Waals surface area contributed by atoms with Crippen LogP contribution in [0.4, 0.5) is 0 Å². The molecule has 0 radical (unpaired) electrons. The van der Waals surface area contributed by atoms with Gasteiger partial charge in [0.25, 0.3) is 0 Å². The van der Waals surface area contributed by atoms with Crippen molar-refractivity contribution in [2.75, 3.05) is 0 Å². The van der Waals surface area contributed by atoms with Gasteiger partial charge in [-0.25, -0.2) is 0 Å². The molecular formula is C19H33IOSi. The minimum atomic E-state index is -1.72. The molecule has 1 nitrogen and oxygen atoms in total. The quantitative estimate of drug-likeness (QED) is 0.273. The third-order valence-corrected chi connectivity index (χ3v) is 10.8. The van der Waals surface area contributed by atoms with Crippen LogP contribution >= 0.6 is 22.6 Å². The summed E-state index contributed by atoms with van der Waals surface area (Å²) in [5.41, 5.74) is 1.42. The maximum absolute atomic E-state index is 6.78. The van der Waals surface area contributed by atoms with Crippen molar-refractivity contribution in [3.05, 3.63) is 35.9 Å². The summed E-state index contributed by atoms with van der Waals surface area (Å²) in [7, 11) is -1.72. The lowest BCUT2D eigenvalue weighted by Crippen LogP contribution is -2.46. The third kappa shape index (κ3) is 5.97. The minimum Gasteiger partial charge on any atom is -0.414 e.